The van der Waals surface area contributed by atoms with Crippen molar-refractivity contribution in [1.29, 1.82) is 0 Å². The largest absolute Gasteiger partial charge is 0.289 e. The van der Waals surface area contributed by atoms with E-state index in [4.69, 9.17) is 0 Å². The number of nitrogens with zero attached hydrogens (tertiary/aromatic N) is 1. The molecule has 0 saturated carbocycles. The second-order valence-electron chi connectivity index (χ2n) is 4.86. The molecule has 1 aromatic carbocycles. The maximum atomic E-state index is 12.4. The third kappa shape index (κ3) is 4.49. The summed E-state index contributed by atoms with van der Waals surface area (Å²) in [5, 5.41) is 11.0. The summed E-state index contributed by atoms with van der Waals surface area (Å²) in [6, 6.07) is 3.59. The molecule has 1 atom stereocenters. The van der Waals surface area contributed by atoms with Gasteiger partial charge in [-0.2, -0.15) is 0 Å². The van der Waals surface area contributed by atoms with Gasteiger partial charge in [-0.3, -0.25) is 10.1 Å². The Bertz CT molecular complexity index is 615. The van der Waals surface area contributed by atoms with Gasteiger partial charge < -0.3 is 0 Å². The van der Waals surface area contributed by atoms with Gasteiger partial charge in [0, 0.05) is 16.6 Å². The van der Waals surface area contributed by atoms with Crippen molar-refractivity contribution in [1.82, 2.24) is 4.72 Å². The quantitative estimate of drug-likeness (QED) is 0.580. The number of benzene rings is 1. The Morgan fingerprint density at radius 2 is 1.90 bits per heavy atom. The maximum Gasteiger partial charge on any atom is 0.289 e. The van der Waals surface area contributed by atoms with E-state index in [1.807, 2.05) is 13.8 Å². The van der Waals surface area contributed by atoms with Gasteiger partial charge >= 0.3 is 0 Å². The summed E-state index contributed by atoms with van der Waals surface area (Å²) < 4.78 is 27.9. The predicted octanol–water partition coefficient (Wildman–Crippen LogP) is 3.46. The second kappa shape index (κ2) is 7.33. The van der Waals surface area contributed by atoms with E-state index in [0.717, 1.165) is 12.8 Å². The molecule has 0 radical (unpaired) electrons. The van der Waals surface area contributed by atoms with Gasteiger partial charge in [-0.15, -0.1) is 0 Å². The average Bonchev–Trinajstić information content (AvgIpc) is 2.39. The number of halogens is 1. The first-order valence-corrected chi connectivity index (χ1v) is 8.96. The van der Waals surface area contributed by atoms with Crippen molar-refractivity contribution in [2.24, 2.45) is 5.92 Å². The average molecular weight is 379 g/mol. The molecular weight excluding hydrogens is 360 g/mol. The van der Waals surface area contributed by atoms with Crippen LogP contribution in [0.15, 0.2) is 27.6 Å². The first kappa shape index (κ1) is 18.1. The number of rotatable bonds is 7. The normalized spacial score (nSPS) is 13.4. The van der Waals surface area contributed by atoms with Crippen LogP contribution >= 0.6 is 15.9 Å². The van der Waals surface area contributed by atoms with E-state index in [1.165, 1.54) is 18.2 Å². The Labute approximate surface area is 133 Å². The topological polar surface area (TPSA) is 89.3 Å². The number of hydrogen-bond donors (Lipinski definition) is 1. The summed E-state index contributed by atoms with van der Waals surface area (Å²) in [4.78, 5) is 10.00. The summed E-state index contributed by atoms with van der Waals surface area (Å²) in [6.45, 7) is 5.75. The minimum atomic E-state index is -3.94. The molecule has 1 aromatic rings. The van der Waals surface area contributed by atoms with Crippen molar-refractivity contribution in [2.75, 3.05) is 0 Å². The van der Waals surface area contributed by atoms with E-state index in [2.05, 4.69) is 20.7 Å². The highest BCUT2D eigenvalue weighted by atomic mass is 79.9. The highest BCUT2D eigenvalue weighted by Crippen LogP contribution is 2.28. The molecule has 0 heterocycles. The summed E-state index contributed by atoms with van der Waals surface area (Å²) in [5.41, 5.74) is -0.428. The van der Waals surface area contributed by atoms with Crippen LogP contribution in [-0.2, 0) is 10.0 Å². The highest BCUT2D eigenvalue weighted by molar-refractivity contribution is 9.10. The first-order valence-electron chi connectivity index (χ1n) is 6.69. The molecule has 1 N–H and O–H groups in total. The van der Waals surface area contributed by atoms with Crippen molar-refractivity contribution in [3.63, 3.8) is 0 Å². The minimum Gasteiger partial charge on any atom is -0.258 e. The zero-order chi connectivity index (χ0) is 16.2. The third-order valence-corrected chi connectivity index (χ3v) is 5.59. The van der Waals surface area contributed by atoms with E-state index in [9.17, 15) is 18.5 Å². The van der Waals surface area contributed by atoms with Gasteiger partial charge in [-0.25, -0.2) is 13.1 Å². The predicted molar refractivity (Wildman–Crippen MR) is 84.7 cm³/mol. The van der Waals surface area contributed by atoms with Crippen molar-refractivity contribution in [3.05, 3.63) is 32.8 Å². The van der Waals surface area contributed by atoms with Gasteiger partial charge in [0.05, 0.1) is 4.92 Å². The van der Waals surface area contributed by atoms with Crippen LogP contribution in [0.5, 0.6) is 0 Å². The van der Waals surface area contributed by atoms with Crippen LogP contribution in [0.2, 0.25) is 0 Å². The van der Waals surface area contributed by atoms with E-state index >= 15 is 0 Å². The standard InChI is InChI=1S/C13H19BrN2O4S/c1-4-10(5-2)9(3)15-21(19,20)13-8-11(14)6-7-12(13)16(17)18/h6-10,15H,4-5H2,1-3H3. The van der Waals surface area contributed by atoms with E-state index in [1.54, 1.807) is 6.92 Å². The van der Waals surface area contributed by atoms with Gasteiger partial charge in [0.15, 0.2) is 4.90 Å². The Hall–Kier alpha value is -0.990. The molecule has 1 unspecified atom stereocenters. The Morgan fingerprint density at radius 3 is 2.38 bits per heavy atom. The molecule has 0 amide bonds. The number of sulfonamides is 1. The maximum absolute atomic E-state index is 12.4. The molecule has 0 bridgehead atoms. The summed E-state index contributed by atoms with van der Waals surface area (Å²) in [5.74, 6) is 0.186. The molecule has 0 aliphatic heterocycles. The second-order valence-corrected chi connectivity index (χ2v) is 7.45. The van der Waals surface area contributed by atoms with Crippen molar-refractivity contribution in [3.8, 4) is 0 Å². The summed E-state index contributed by atoms with van der Waals surface area (Å²) in [6.07, 6.45) is 1.67. The SMILES string of the molecule is CCC(CC)C(C)NS(=O)(=O)c1cc(Br)ccc1[N+](=O)[O-]. The minimum absolute atomic E-state index is 0.186. The van der Waals surface area contributed by atoms with Gasteiger partial charge in [0.2, 0.25) is 10.0 Å². The van der Waals surface area contributed by atoms with E-state index < -0.39 is 20.6 Å². The first-order chi connectivity index (χ1) is 9.72. The van der Waals surface area contributed by atoms with Crippen LogP contribution in [0.25, 0.3) is 0 Å². The van der Waals surface area contributed by atoms with Crippen molar-refractivity contribution >= 4 is 31.6 Å². The molecule has 0 fully saturated rings. The monoisotopic (exact) mass is 378 g/mol. The number of nitro groups is 1. The fourth-order valence-electron chi connectivity index (χ4n) is 2.25. The zero-order valence-electron chi connectivity index (χ0n) is 12.2. The molecule has 1 rings (SSSR count). The van der Waals surface area contributed by atoms with Crippen LogP contribution in [0.1, 0.15) is 33.6 Å². The van der Waals surface area contributed by atoms with Crippen LogP contribution in [0.4, 0.5) is 5.69 Å². The number of nitro benzene ring substituents is 1. The summed E-state index contributed by atoms with van der Waals surface area (Å²) >= 11 is 3.15. The summed E-state index contributed by atoms with van der Waals surface area (Å²) in [7, 11) is -3.94. The van der Waals surface area contributed by atoms with Crippen LogP contribution < -0.4 is 4.72 Å². The molecule has 0 saturated heterocycles. The highest BCUT2D eigenvalue weighted by Gasteiger charge is 2.28. The molecule has 0 spiro atoms. The van der Waals surface area contributed by atoms with E-state index in [0.29, 0.717) is 4.47 Å². The smallest absolute Gasteiger partial charge is 0.258 e. The Balaban J connectivity index is 3.19. The molecule has 0 aromatic heterocycles. The third-order valence-electron chi connectivity index (χ3n) is 3.50. The fourth-order valence-corrected chi connectivity index (χ4v) is 4.28. The lowest BCUT2D eigenvalue weighted by Crippen LogP contribution is -2.38. The lowest BCUT2D eigenvalue weighted by atomic mass is 9.96. The lowest BCUT2D eigenvalue weighted by Gasteiger charge is -2.22. The molecule has 21 heavy (non-hydrogen) atoms. The molecule has 6 nitrogen and oxygen atoms in total. The zero-order valence-corrected chi connectivity index (χ0v) is 14.6. The fraction of sp³-hybridized carbons (Fsp3) is 0.538. The van der Waals surface area contributed by atoms with Gasteiger partial charge in [0.1, 0.15) is 0 Å². The van der Waals surface area contributed by atoms with Crippen LogP contribution in [-0.4, -0.2) is 19.4 Å². The van der Waals surface area contributed by atoms with Gasteiger partial charge in [0.25, 0.3) is 5.69 Å². The molecular formula is C13H19BrN2O4S. The lowest BCUT2D eigenvalue weighted by molar-refractivity contribution is -0.387. The molecule has 8 heteroatoms. The van der Waals surface area contributed by atoms with Crippen LogP contribution in [0.3, 0.4) is 0 Å². The molecule has 118 valence electrons. The van der Waals surface area contributed by atoms with Crippen molar-refractivity contribution in [2.45, 2.75) is 44.6 Å². The molecule has 0 aliphatic rings. The van der Waals surface area contributed by atoms with Gasteiger partial charge in [-0.05, 0) is 25.0 Å². The van der Waals surface area contributed by atoms with Gasteiger partial charge in [-0.1, -0.05) is 42.6 Å². The Morgan fingerprint density at radius 1 is 1.33 bits per heavy atom. The van der Waals surface area contributed by atoms with Crippen LogP contribution in [0, 0.1) is 16.0 Å². The number of nitrogens with one attached hydrogen (secondary N) is 1. The van der Waals surface area contributed by atoms with E-state index in [-0.39, 0.29) is 16.9 Å². The molecule has 0 aliphatic carbocycles. The Kier molecular flexibility index (Phi) is 6.30. The van der Waals surface area contributed by atoms with Crippen molar-refractivity contribution < 1.29 is 13.3 Å². The number of hydrogen-bond acceptors (Lipinski definition) is 4.